The van der Waals surface area contributed by atoms with Gasteiger partial charge in [-0.25, -0.2) is 0 Å². The van der Waals surface area contributed by atoms with Gasteiger partial charge in [0.25, 0.3) is 0 Å². The zero-order valence-electron chi connectivity index (χ0n) is 14.4. The molecular formula is C16H31ClN4. The van der Waals surface area contributed by atoms with Crippen LogP contribution in [0.1, 0.15) is 59.7 Å². The molecule has 0 saturated carbocycles. The summed E-state index contributed by atoms with van der Waals surface area (Å²) in [5.74, 6) is 0. The molecular weight excluding hydrogens is 284 g/mol. The summed E-state index contributed by atoms with van der Waals surface area (Å²) < 4.78 is 2.02. The molecule has 1 aromatic rings. The van der Waals surface area contributed by atoms with Crippen LogP contribution < -0.4 is 5.32 Å². The number of hydrogen-bond acceptors (Lipinski definition) is 3. The van der Waals surface area contributed by atoms with Crippen LogP contribution in [-0.4, -0.2) is 39.9 Å². The van der Waals surface area contributed by atoms with Crippen molar-refractivity contribution in [2.45, 2.75) is 66.1 Å². The Kier molecular flexibility index (Phi) is 7.17. The third-order valence-corrected chi connectivity index (χ3v) is 4.93. The van der Waals surface area contributed by atoms with Crippen molar-refractivity contribution in [1.29, 1.82) is 0 Å². The smallest absolute Gasteiger partial charge is 0.0834 e. The average molecular weight is 315 g/mol. The zero-order chi connectivity index (χ0) is 16.0. The number of nitrogens with one attached hydrogen (secondary N) is 1. The van der Waals surface area contributed by atoms with Crippen molar-refractivity contribution in [3.63, 3.8) is 0 Å². The van der Waals surface area contributed by atoms with Crippen molar-refractivity contribution in [3.8, 4) is 0 Å². The minimum absolute atomic E-state index is 0.0100. The maximum atomic E-state index is 6.47. The molecule has 122 valence electrons. The monoisotopic (exact) mass is 314 g/mol. The zero-order valence-corrected chi connectivity index (χ0v) is 15.2. The number of aryl methyl sites for hydroxylation is 1. The molecule has 0 fully saturated rings. The number of rotatable bonds is 9. The van der Waals surface area contributed by atoms with Crippen molar-refractivity contribution >= 4 is 11.6 Å². The Hall–Kier alpha value is -0.580. The average Bonchev–Trinajstić information content (AvgIpc) is 2.86. The fourth-order valence-corrected chi connectivity index (χ4v) is 3.53. The molecule has 0 aliphatic carbocycles. The maximum absolute atomic E-state index is 6.47. The van der Waals surface area contributed by atoms with Gasteiger partial charge >= 0.3 is 0 Å². The Bertz CT molecular complexity index is 428. The van der Waals surface area contributed by atoms with Gasteiger partial charge in [0.05, 0.1) is 23.0 Å². The molecule has 0 amide bonds. The van der Waals surface area contributed by atoms with Crippen LogP contribution >= 0.6 is 11.6 Å². The Morgan fingerprint density at radius 2 is 1.90 bits per heavy atom. The fourth-order valence-electron chi connectivity index (χ4n) is 3.28. The van der Waals surface area contributed by atoms with Gasteiger partial charge in [-0.3, -0.25) is 9.58 Å². The first-order valence-electron chi connectivity index (χ1n) is 8.19. The first-order valence-corrected chi connectivity index (χ1v) is 8.57. The number of likely N-dealkylation sites (N-methyl/N-ethyl adjacent to an activating group) is 2. The van der Waals surface area contributed by atoms with Crippen molar-refractivity contribution < 1.29 is 0 Å². The summed E-state index contributed by atoms with van der Waals surface area (Å²) in [6.45, 7) is 17.1. The molecule has 0 aliphatic rings. The molecule has 0 bridgehead atoms. The Morgan fingerprint density at radius 3 is 2.33 bits per heavy atom. The van der Waals surface area contributed by atoms with Crippen LogP contribution in [0.4, 0.5) is 0 Å². The molecule has 2 unspecified atom stereocenters. The fraction of sp³-hybridized carbons (Fsp3) is 0.812. The van der Waals surface area contributed by atoms with Crippen molar-refractivity contribution in [3.05, 3.63) is 16.9 Å². The molecule has 0 aromatic carbocycles. The van der Waals surface area contributed by atoms with Crippen LogP contribution in [-0.2, 0) is 6.54 Å². The van der Waals surface area contributed by atoms with Crippen LogP contribution in [0.5, 0.6) is 0 Å². The molecule has 21 heavy (non-hydrogen) atoms. The molecule has 2 atom stereocenters. The van der Waals surface area contributed by atoms with Gasteiger partial charge in [-0.15, -0.1) is 0 Å². The van der Waals surface area contributed by atoms with Crippen LogP contribution in [0.2, 0.25) is 5.02 Å². The SMILES string of the molecule is CCNC(c1c(Cl)cnn1CC)C(C)(CC)N(CC)CC. The minimum Gasteiger partial charge on any atom is -0.307 e. The lowest BCUT2D eigenvalue weighted by Crippen LogP contribution is -2.54. The highest BCUT2D eigenvalue weighted by atomic mass is 35.5. The predicted octanol–water partition coefficient (Wildman–Crippen LogP) is 3.72. The van der Waals surface area contributed by atoms with Crippen LogP contribution in [0, 0.1) is 0 Å². The summed E-state index contributed by atoms with van der Waals surface area (Å²) in [6, 6.07) is 0.169. The van der Waals surface area contributed by atoms with E-state index < -0.39 is 0 Å². The highest BCUT2D eigenvalue weighted by molar-refractivity contribution is 6.31. The molecule has 1 aromatic heterocycles. The van der Waals surface area contributed by atoms with Gasteiger partial charge in [0, 0.05) is 12.1 Å². The van der Waals surface area contributed by atoms with Gasteiger partial charge in [0.1, 0.15) is 0 Å². The second-order valence-corrected chi connectivity index (χ2v) is 5.97. The summed E-state index contributed by atoms with van der Waals surface area (Å²) in [5.41, 5.74) is 1.12. The number of halogens is 1. The lowest BCUT2D eigenvalue weighted by Gasteiger charge is -2.46. The minimum atomic E-state index is 0.0100. The largest absolute Gasteiger partial charge is 0.307 e. The first-order chi connectivity index (χ1) is 9.99. The molecule has 0 aliphatic heterocycles. The summed E-state index contributed by atoms with van der Waals surface area (Å²) >= 11 is 6.47. The highest BCUT2D eigenvalue weighted by Crippen LogP contribution is 2.37. The van der Waals surface area contributed by atoms with Crippen molar-refractivity contribution in [2.24, 2.45) is 0 Å². The second-order valence-electron chi connectivity index (χ2n) is 5.57. The number of nitrogens with zero attached hydrogens (tertiary/aromatic N) is 3. The van der Waals surface area contributed by atoms with Gasteiger partial charge < -0.3 is 5.32 Å². The van der Waals surface area contributed by atoms with E-state index in [0.717, 1.165) is 43.3 Å². The number of aromatic nitrogens is 2. The molecule has 1 rings (SSSR count). The van der Waals surface area contributed by atoms with Gasteiger partial charge in [-0.1, -0.05) is 39.3 Å². The van der Waals surface area contributed by atoms with E-state index in [4.69, 9.17) is 11.6 Å². The Balaban J connectivity index is 3.34. The molecule has 5 heteroatoms. The van der Waals surface area contributed by atoms with E-state index in [2.05, 4.69) is 56.9 Å². The summed E-state index contributed by atoms with van der Waals surface area (Å²) in [6.07, 6.45) is 2.82. The van der Waals surface area contributed by atoms with Crippen molar-refractivity contribution in [2.75, 3.05) is 19.6 Å². The third-order valence-electron chi connectivity index (χ3n) is 4.64. The maximum Gasteiger partial charge on any atom is 0.0834 e. The van der Waals surface area contributed by atoms with E-state index in [9.17, 15) is 0 Å². The van der Waals surface area contributed by atoms with Crippen LogP contribution in [0.15, 0.2) is 6.20 Å². The summed E-state index contributed by atoms with van der Waals surface area (Å²) in [5, 5.41) is 8.84. The summed E-state index contributed by atoms with van der Waals surface area (Å²) in [7, 11) is 0. The van der Waals surface area contributed by atoms with Gasteiger partial charge in [0.2, 0.25) is 0 Å². The van der Waals surface area contributed by atoms with Gasteiger partial charge in [-0.2, -0.15) is 5.10 Å². The van der Waals surface area contributed by atoms with E-state index in [-0.39, 0.29) is 11.6 Å². The van der Waals surface area contributed by atoms with Gasteiger partial charge in [-0.05, 0) is 39.9 Å². The quantitative estimate of drug-likeness (QED) is 0.754. The third kappa shape index (κ3) is 3.61. The molecule has 0 radical (unpaired) electrons. The molecule has 4 nitrogen and oxygen atoms in total. The van der Waals surface area contributed by atoms with E-state index >= 15 is 0 Å². The first kappa shape index (κ1) is 18.5. The van der Waals surface area contributed by atoms with E-state index in [1.54, 1.807) is 6.20 Å². The predicted molar refractivity (Wildman–Crippen MR) is 90.9 cm³/mol. The second kappa shape index (κ2) is 8.16. The normalized spacial score (nSPS) is 16.2. The number of hydrogen-bond donors (Lipinski definition) is 1. The lowest BCUT2D eigenvalue weighted by molar-refractivity contribution is 0.0671. The Labute approximate surface area is 134 Å². The topological polar surface area (TPSA) is 33.1 Å². The molecule has 1 N–H and O–H groups in total. The standard InChI is InChI=1S/C16H31ClN4/c1-7-16(6,20(9-3)10-4)15(18-8-2)14-13(17)12-19-21(14)11-5/h12,15,18H,7-11H2,1-6H3. The Morgan fingerprint density at radius 1 is 1.29 bits per heavy atom. The van der Waals surface area contributed by atoms with Crippen LogP contribution in [0.25, 0.3) is 0 Å². The lowest BCUT2D eigenvalue weighted by atomic mass is 9.84. The van der Waals surface area contributed by atoms with E-state index in [1.807, 2.05) is 4.68 Å². The highest BCUT2D eigenvalue weighted by Gasteiger charge is 2.40. The van der Waals surface area contributed by atoms with E-state index in [1.165, 1.54) is 0 Å². The molecule has 1 heterocycles. The molecule has 0 spiro atoms. The van der Waals surface area contributed by atoms with Crippen molar-refractivity contribution in [1.82, 2.24) is 20.0 Å². The van der Waals surface area contributed by atoms with Gasteiger partial charge in [0.15, 0.2) is 0 Å². The summed E-state index contributed by atoms with van der Waals surface area (Å²) in [4.78, 5) is 2.52. The molecule has 0 saturated heterocycles. The van der Waals surface area contributed by atoms with Crippen LogP contribution in [0.3, 0.4) is 0 Å². The van der Waals surface area contributed by atoms with E-state index in [0.29, 0.717) is 0 Å².